The normalized spacial score (nSPS) is 9.67. The van der Waals surface area contributed by atoms with Crippen LogP contribution in [0.4, 0.5) is 0 Å². The maximum absolute atomic E-state index is 10.6. The molecule has 1 rings (SSSR count). The molecule has 0 aliphatic heterocycles. The molecule has 0 spiro atoms. The molecule has 0 fully saturated rings. The van der Waals surface area contributed by atoms with Crippen molar-refractivity contribution >= 4 is 37.8 Å². The molecule has 0 saturated heterocycles. The average Bonchev–Trinajstić information content (AvgIpc) is 2.15. The molecule has 0 heterocycles. The van der Waals surface area contributed by atoms with Gasteiger partial charge in [-0.2, -0.15) is 5.26 Å². The highest BCUT2D eigenvalue weighted by molar-refractivity contribution is 9.10. The van der Waals surface area contributed by atoms with Gasteiger partial charge in [-0.3, -0.25) is 4.79 Å². The largest absolute Gasteiger partial charge is 0.481 e. The summed E-state index contributed by atoms with van der Waals surface area (Å²) < 4.78 is 0.722. The SMILES string of the molecule is N#Cc1cc(Br)cc(CC(=O)O)c1CBr. The van der Waals surface area contributed by atoms with E-state index >= 15 is 0 Å². The zero-order chi connectivity index (χ0) is 11.4. The number of carbonyl (C=O) groups is 1. The van der Waals surface area contributed by atoms with Crippen LogP contribution < -0.4 is 0 Å². The number of nitrogens with zero attached hydrogens (tertiary/aromatic N) is 1. The Morgan fingerprint density at radius 1 is 1.53 bits per heavy atom. The van der Waals surface area contributed by atoms with Crippen molar-refractivity contribution in [3.05, 3.63) is 33.3 Å². The lowest BCUT2D eigenvalue weighted by Crippen LogP contribution is -2.04. The van der Waals surface area contributed by atoms with Gasteiger partial charge in [-0.1, -0.05) is 31.9 Å². The molecule has 0 atom stereocenters. The third kappa shape index (κ3) is 3.05. The Hall–Kier alpha value is -0.860. The topological polar surface area (TPSA) is 61.1 Å². The molecule has 3 nitrogen and oxygen atoms in total. The minimum atomic E-state index is -0.904. The molecule has 1 aromatic carbocycles. The number of carboxylic acid groups (broad SMARTS) is 1. The van der Waals surface area contributed by atoms with Crippen LogP contribution in [0.3, 0.4) is 0 Å². The molecule has 0 unspecified atom stereocenters. The first kappa shape index (κ1) is 12.2. The van der Waals surface area contributed by atoms with Crippen molar-refractivity contribution in [2.75, 3.05) is 0 Å². The van der Waals surface area contributed by atoms with Crippen molar-refractivity contribution in [3.8, 4) is 6.07 Å². The Morgan fingerprint density at radius 2 is 2.20 bits per heavy atom. The zero-order valence-corrected chi connectivity index (χ0v) is 10.8. The van der Waals surface area contributed by atoms with E-state index in [1.54, 1.807) is 12.1 Å². The molecule has 0 saturated carbocycles. The van der Waals surface area contributed by atoms with E-state index in [0.717, 1.165) is 10.0 Å². The molecular formula is C10H7Br2NO2. The summed E-state index contributed by atoms with van der Waals surface area (Å²) in [6, 6.07) is 5.46. The fourth-order valence-electron chi connectivity index (χ4n) is 1.27. The van der Waals surface area contributed by atoms with Gasteiger partial charge in [0.05, 0.1) is 18.1 Å². The summed E-state index contributed by atoms with van der Waals surface area (Å²) in [5.74, 6) is -0.904. The number of hydrogen-bond acceptors (Lipinski definition) is 2. The van der Waals surface area contributed by atoms with E-state index in [4.69, 9.17) is 10.4 Å². The quantitative estimate of drug-likeness (QED) is 0.866. The lowest BCUT2D eigenvalue weighted by molar-refractivity contribution is -0.136. The second kappa shape index (κ2) is 5.29. The minimum absolute atomic E-state index is 0.0744. The van der Waals surface area contributed by atoms with E-state index in [0.29, 0.717) is 16.5 Å². The molecule has 0 amide bonds. The van der Waals surface area contributed by atoms with E-state index < -0.39 is 5.97 Å². The first-order chi connectivity index (χ1) is 7.08. The van der Waals surface area contributed by atoms with E-state index in [1.165, 1.54) is 0 Å². The van der Waals surface area contributed by atoms with Crippen molar-refractivity contribution in [1.29, 1.82) is 5.26 Å². The van der Waals surface area contributed by atoms with Crippen molar-refractivity contribution < 1.29 is 9.90 Å². The van der Waals surface area contributed by atoms with Gasteiger partial charge in [0, 0.05) is 9.80 Å². The number of carboxylic acids is 1. The first-order valence-electron chi connectivity index (χ1n) is 4.07. The highest BCUT2D eigenvalue weighted by Crippen LogP contribution is 2.23. The van der Waals surface area contributed by atoms with Crippen LogP contribution in [0.1, 0.15) is 16.7 Å². The summed E-state index contributed by atoms with van der Waals surface area (Å²) in [7, 11) is 0. The standard InChI is InChI=1S/C10H7Br2NO2/c11-4-9-6(3-10(14)15)1-8(12)2-7(9)5-13/h1-2H,3-4H2,(H,14,15). The monoisotopic (exact) mass is 331 g/mol. The summed E-state index contributed by atoms with van der Waals surface area (Å²) in [6.07, 6.45) is -0.0744. The Labute approximate surface area is 104 Å². The second-order valence-corrected chi connectivity index (χ2v) is 4.38. The zero-order valence-electron chi connectivity index (χ0n) is 7.63. The molecule has 0 bridgehead atoms. The van der Waals surface area contributed by atoms with Gasteiger partial charge in [0.1, 0.15) is 0 Å². The van der Waals surface area contributed by atoms with Crippen molar-refractivity contribution in [2.45, 2.75) is 11.8 Å². The predicted octanol–water partition coefficient (Wildman–Crippen LogP) is 2.84. The third-order valence-corrected chi connectivity index (χ3v) is 2.92. The first-order valence-corrected chi connectivity index (χ1v) is 5.99. The van der Waals surface area contributed by atoms with Crippen LogP contribution in [0.15, 0.2) is 16.6 Å². The van der Waals surface area contributed by atoms with Gasteiger partial charge in [-0.25, -0.2) is 0 Å². The number of halogens is 2. The summed E-state index contributed by atoms with van der Waals surface area (Å²) in [5, 5.41) is 18.1. The fourth-order valence-corrected chi connectivity index (χ4v) is 2.44. The molecule has 0 aliphatic rings. The molecular weight excluding hydrogens is 326 g/mol. The van der Waals surface area contributed by atoms with Crippen molar-refractivity contribution in [2.24, 2.45) is 0 Å². The van der Waals surface area contributed by atoms with Gasteiger partial charge >= 0.3 is 5.97 Å². The Bertz CT molecular complexity index is 438. The van der Waals surface area contributed by atoms with Crippen LogP contribution in [-0.4, -0.2) is 11.1 Å². The highest BCUT2D eigenvalue weighted by atomic mass is 79.9. The minimum Gasteiger partial charge on any atom is -0.481 e. The molecule has 5 heteroatoms. The lowest BCUT2D eigenvalue weighted by Gasteiger charge is -2.07. The number of hydrogen-bond donors (Lipinski definition) is 1. The maximum atomic E-state index is 10.6. The van der Waals surface area contributed by atoms with Crippen LogP contribution in [0, 0.1) is 11.3 Å². The predicted molar refractivity (Wildman–Crippen MR) is 62.8 cm³/mol. The van der Waals surface area contributed by atoms with Gasteiger partial charge in [-0.15, -0.1) is 0 Å². The van der Waals surface area contributed by atoms with Gasteiger partial charge in [0.25, 0.3) is 0 Å². The van der Waals surface area contributed by atoms with Gasteiger partial charge < -0.3 is 5.11 Å². The number of rotatable bonds is 3. The van der Waals surface area contributed by atoms with Crippen LogP contribution in [-0.2, 0) is 16.5 Å². The third-order valence-electron chi connectivity index (χ3n) is 1.90. The van der Waals surface area contributed by atoms with E-state index in [9.17, 15) is 4.79 Å². The molecule has 78 valence electrons. The van der Waals surface area contributed by atoms with Crippen LogP contribution in [0.25, 0.3) is 0 Å². The molecule has 15 heavy (non-hydrogen) atoms. The van der Waals surface area contributed by atoms with Crippen molar-refractivity contribution in [3.63, 3.8) is 0 Å². The fraction of sp³-hybridized carbons (Fsp3) is 0.200. The van der Waals surface area contributed by atoms with Crippen LogP contribution in [0.2, 0.25) is 0 Å². The summed E-state index contributed by atoms with van der Waals surface area (Å²) in [4.78, 5) is 10.6. The van der Waals surface area contributed by atoms with Gasteiger partial charge in [0.15, 0.2) is 0 Å². The molecule has 0 aliphatic carbocycles. The molecule has 1 aromatic rings. The number of aliphatic carboxylic acids is 1. The summed E-state index contributed by atoms with van der Waals surface area (Å²) in [5.41, 5.74) is 1.89. The molecule has 1 N–H and O–H groups in total. The Kier molecular flexibility index (Phi) is 4.30. The van der Waals surface area contributed by atoms with Gasteiger partial charge in [0.2, 0.25) is 0 Å². The molecule has 0 radical (unpaired) electrons. The van der Waals surface area contributed by atoms with E-state index in [2.05, 4.69) is 31.9 Å². The Balaban J connectivity index is 3.30. The summed E-state index contributed by atoms with van der Waals surface area (Å²) in [6.45, 7) is 0. The van der Waals surface area contributed by atoms with E-state index in [1.807, 2.05) is 6.07 Å². The number of alkyl halides is 1. The van der Waals surface area contributed by atoms with Gasteiger partial charge in [-0.05, 0) is 23.3 Å². The van der Waals surface area contributed by atoms with Crippen LogP contribution >= 0.6 is 31.9 Å². The smallest absolute Gasteiger partial charge is 0.307 e. The Morgan fingerprint density at radius 3 is 2.67 bits per heavy atom. The average molecular weight is 333 g/mol. The van der Waals surface area contributed by atoms with E-state index in [-0.39, 0.29) is 6.42 Å². The number of benzene rings is 1. The van der Waals surface area contributed by atoms with Crippen LogP contribution in [0.5, 0.6) is 0 Å². The lowest BCUT2D eigenvalue weighted by atomic mass is 10.0. The second-order valence-electron chi connectivity index (χ2n) is 2.91. The van der Waals surface area contributed by atoms with Crippen molar-refractivity contribution in [1.82, 2.24) is 0 Å². The highest BCUT2D eigenvalue weighted by Gasteiger charge is 2.11. The summed E-state index contributed by atoms with van der Waals surface area (Å²) >= 11 is 6.50. The maximum Gasteiger partial charge on any atom is 0.307 e. The number of nitriles is 1. The molecule has 0 aromatic heterocycles.